The summed E-state index contributed by atoms with van der Waals surface area (Å²) in [6.45, 7) is 7.66. The Bertz CT molecular complexity index is 590. The molecule has 1 N–H and O–H groups in total. The van der Waals surface area contributed by atoms with Crippen molar-refractivity contribution in [2.45, 2.75) is 40.2 Å². The van der Waals surface area contributed by atoms with E-state index in [1.807, 2.05) is 0 Å². The molecule has 110 valence electrons. The maximum Gasteiger partial charge on any atom is 0.170 e. The molecule has 0 radical (unpaired) electrons. The van der Waals surface area contributed by atoms with Crippen molar-refractivity contribution in [2.24, 2.45) is 5.92 Å². The first-order chi connectivity index (χ1) is 9.52. The third kappa shape index (κ3) is 3.18. The first kappa shape index (κ1) is 15.0. The first-order valence-corrected chi connectivity index (χ1v) is 7.13. The number of hydrogen-bond acceptors (Lipinski definition) is 2. The zero-order chi connectivity index (χ0) is 14.7. The normalized spacial score (nSPS) is 11.7. The van der Waals surface area contributed by atoms with E-state index in [0.29, 0.717) is 23.6 Å². The zero-order valence-corrected chi connectivity index (χ0v) is 12.2. The molecule has 0 aliphatic heterocycles. The molecule has 2 aromatic rings. The van der Waals surface area contributed by atoms with Gasteiger partial charge in [0.05, 0.1) is 6.54 Å². The van der Waals surface area contributed by atoms with E-state index in [9.17, 15) is 8.78 Å². The largest absolute Gasteiger partial charge is 0.456 e. The Hall–Kier alpha value is -1.42. The Morgan fingerprint density at radius 2 is 2.00 bits per heavy atom. The van der Waals surface area contributed by atoms with E-state index in [-0.39, 0.29) is 5.58 Å². The van der Waals surface area contributed by atoms with E-state index in [1.54, 1.807) is 0 Å². The van der Waals surface area contributed by atoms with Crippen LogP contribution in [-0.2, 0) is 13.0 Å². The highest BCUT2D eigenvalue weighted by Crippen LogP contribution is 2.30. The van der Waals surface area contributed by atoms with Crippen LogP contribution in [0.3, 0.4) is 0 Å². The van der Waals surface area contributed by atoms with E-state index in [4.69, 9.17) is 4.42 Å². The molecule has 0 aliphatic carbocycles. The maximum atomic E-state index is 13.8. The summed E-state index contributed by atoms with van der Waals surface area (Å²) in [5.74, 6) is -0.0840. The molecule has 0 amide bonds. The molecule has 1 aromatic heterocycles. The predicted molar refractivity (Wildman–Crippen MR) is 76.7 cm³/mol. The number of fused-ring (bicyclic) bond motifs is 1. The Labute approximate surface area is 118 Å². The fourth-order valence-electron chi connectivity index (χ4n) is 2.38. The number of benzene rings is 1. The van der Waals surface area contributed by atoms with Gasteiger partial charge in [-0.1, -0.05) is 20.8 Å². The van der Waals surface area contributed by atoms with E-state index < -0.39 is 11.6 Å². The highest BCUT2D eigenvalue weighted by atomic mass is 19.1. The Kier molecular flexibility index (Phi) is 4.76. The molecule has 1 aromatic carbocycles. The van der Waals surface area contributed by atoms with Gasteiger partial charge in [0.2, 0.25) is 0 Å². The molecule has 20 heavy (non-hydrogen) atoms. The molecule has 2 nitrogen and oxygen atoms in total. The molecule has 0 spiro atoms. The van der Waals surface area contributed by atoms with Gasteiger partial charge in [0.15, 0.2) is 11.4 Å². The van der Waals surface area contributed by atoms with E-state index >= 15 is 0 Å². The lowest BCUT2D eigenvalue weighted by Crippen LogP contribution is -2.14. The van der Waals surface area contributed by atoms with Crippen molar-refractivity contribution in [3.05, 3.63) is 35.1 Å². The van der Waals surface area contributed by atoms with Crippen LogP contribution in [-0.4, -0.2) is 6.54 Å². The van der Waals surface area contributed by atoms with Crippen LogP contribution < -0.4 is 5.32 Å². The number of halogens is 2. The molecule has 0 atom stereocenters. The average Bonchev–Trinajstić information content (AvgIpc) is 2.68. The van der Waals surface area contributed by atoms with Crippen molar-refractivity contribution in [1.82, 2.24) is 5.32 Å². The summed E-state index contributed by atoms with van der Waals surface area (Å²) in [6, 6.07) is 2.23. The van der Waals surface area contributed by atoms with Crippen molar-refractivity contribution in [3.8, 4) is 0 Å². The lowest BCUT2D eigenvalue weighted by molar-refractivity contribution is 0.483. The Morgan fingerprint density at radius 3 is 2.65 bits per heavy atom. The molecule has 0 saturated carbocycles. The second-order valence-electron chi connectivity index (χ2n) is 5.54. The van der Waals surface area contributed by atoms with Crippen LogP contribution in [0, 0.1) is 17.6 Å². The average molecular weight is 281 g/mol. The molecule has 2 rings (SSSR count). The van der Waals surface area contributed by atoms with Crippen LogP contribution >= 0.6 is 0 Å². The molecule has 0 fully saturated rings. The van der Waals surface area contributed by atoms with E-state index in [2.05, 4.69) is 26.1 Å². The minimum Gasteiger partial charge on any atom is -0.456 e. The molecular formula is C16H21F2NO. The maximum absolute atomic E-state index is 13.8. The summed E-state index contributed by atoms with van der Waals surface area (Å²) in [5.41, 5.74) is 1.08. The topological polar surface area (TPSA) is 25.2 Å². The van der Waals surface area contributed by atoms with Crippen molar-refractivity contribution in [1.29, 1.82) is 0 Å². The van der Waals surface area contributed by atoms with Crippen LogP contribution in [0.4, 0.5) is 8.78 Å². The quantitative estimate of drug-likeness (QED) is 0.793. The zero-order valence-electron chi connectivity index (χ0n) is 12.2. The van der Waals surface area contributed by atoms with Gasteiger partial charge in [0.25, 0.3) is 0 Å². The minimum atomic E-state index is -0.633. The van der Waals surface area contributed by atoms with Crippen LogP contribution in [0.1, 0.15) is 38.5 Å². The van der Waals surface area contributed by atoms with E-state index in [0.717, 1.165) is 31.0 Å². The van der Waals surface area contributed by atoms with Crippen molar-refractivity contribution < 1.29 is 13.2 Å². The summed E-state index contributed by atoms with van der Waals surface area (Å²) in [6.07, 6.45) is 1.77. The van der Waals surface area contributed by atoms with Crippen LogP contribution in [0.25, 0.3) is 11.0 Å². The van der Waals surface area contributed by atoms with Crippen LogP contribution in [0.2, 0.25) is 0 Å². The minimum absolute atomic E-state index is 0.162. The smallest absolute Gasteiger partial charge is 0.170 e. The van der Waals surface area contributed by atoms with Crippen molar-refractivity contribution in [2.75, 3.05) is 6.54 Å². The predicted octanol–water partition coefficient (Wildman–Crippen LogP) is 4.41. The molecule has 4 heteroatoms. The van der Waals surface area contributed by atoms with Gasteiger partial charge < -0.3 is 9.73 Å². The Morgan fingerprint density at radius 1 is 1.25 bits per heavy atom. The standard InChI is InChI=1S/C16H21F2NO/c1-4-5-19-9-15-12(6-10(2)3)13-7-11(17)8-14(18)16(13)20-15/h7-8,10,19H,4-6,9H2,1-3H3. The SMILES string of the molecule is CCCNCc1oc2c(F)cc(F)cc2c1CC(C)C. The third-order valence-corrected chi connectivity index (χ3v) is 3.22. The fourth-order valence-corrected chi connectivity index (χ4v) is 2.38. The van der Waals surface area contributed by atoms with Gasteiger partial charge in [0.1, 0.15) is 11.6 Å². The van der Waals surface area contributed by atoms with Gasteiger partial charge >= 0.3 is 0 Å². The second kappa shape index (κ2) is 6.35. The van der Waals surface area contributed by atoms with Gasteiger partial charge in [-0.15, -0.1) is 0 Å². The first-order valence-electron chi connectivity index (χ1n) is 7.13. The monoisotopic (exact) mass is 281 g/mol. The highest BCUT2D eigenvalue weighted by molar-refractivity contribution is 5.83. The van der Waals surface area contributed by atoms with Gasteiger partial charge in [-0.25, -0.2) is 8.78 Å². The van der Waals surface area contributed by atoms with Gasteiger partial charge in [0, 0.05) is 17.0 Å². The summed E-state index contributed by atoms with van der Waals surface area (Å²) < 4.78 is 32.9. The number of nitrogens with one attached hydrogen (secondary N) is 1. The van der Waals surface area contributed by atoms with Crippen molar-refractivity contribution in [3.63, 3.8) is 0 Å². The third-order valence-electron chi connectivity index (χ3n) is 3.22. The summed E-state index contributed by atoms with van der Waals surface area (Å²) in [7, 11) is 0. The van der Waals surface area contributed by atoms with E-state index in [1.165, 1.54) is 6.07 Å². The molecule has 0 bridgehead atoms. The van der Waals surface area contributed by atoms with Gasteiger partial charge in [-0.05, 0) is 31.4 Å². The highest BCUT2D eigenvalue weighted by Gasteiger charge is 2.18. The summed E-state index contributed by atoms with van der Waals surface area (Å²) in [5, 5.41) is 3.81. The van der Waals surface area contributed by atoms with Gasteiger partial charge in [-0.3, -0.25) is 0 Å². The molecule has 1 heterocycles. The molecule has 0 unspecified atom stereocenters. The lowest BCUT2D eigenvalue weighted by atomic mass is 9.99. The number of furan rings is 1. The summed E-state index contributed by atoms with van der Waals surface area (Å²) >= 11 is 0. The summed E-state index contributed by atoms with van der Waals surface area (Å²) in [4.78, 5) is 0. The lowest BCUT2D eigenvalue weighted by Gasteiger charge is -2.07. The molecular weight excluding hydrogens is 260 g/mol. The molecule has 0 aliphatic rings. The van der Waals surface area contributed by atoms with Gasteiger partial charge in [-0.2, -0.15) is 0 Å². The molecule has 0 saturated heterocycles. The Balaban J connectivity index is 2.46. The number of hydrogen-bond donors (Lipinski definition) is 1. The second-order valence-corrected chi connectivity index (χ2v) is 5.54. The van der Waals surface area contributed by atoms with Crippen LogP contribution in [0.15, 0.2) is 16.5 Å². The van der Waals surface area contributed by atoms with Crippen molar-refractivity contribution >= 4 is 11.0 Å². The number of rotatable bonds is 6. The van der Waals surface area contributed by atoms with Crippen LogP contribution in [0.5, 0.6) is 0 Å². The fraction of sp³-hybridized carbons (Fsp3) is 0.500.